The lowest BCUT2D eigenvalue weighted by atomic mass is 10.0. The van der Waals surface area contributed by atoms with Gasteiger partial charge >= 0.3 is 0 Å². The fourth-order valence-corrected chi connectivity index (χ4v) is 2.07. The minimum atomic E-state index is 1.05. The van der Waals surface area contributed by atoms with Crippen molar-refractivity contribution in [3.8, 4) is 0 Å². The van der Waals surface area contributed by atoms with E-state index in [1.54, 1.807) is 0 Å². The fraction of sp³-hybridized carbons (Fsp3) is 0.700. The Morgan fingerprint density at radius 1 is 1.38 bits per heavy atom. The first-order chi connectivity index (χ1) is 6.22. The zero-order valence-electron chi connectivity index (χ0n) is 8.67. The summed E-state index contributed by atoms with van der Waals surface area (Å²) in [6, 6.07) is 0. The molecule has 0 saturated heterocycles. The molecule has 0 N–H and O–H groups in total. The molecular formula is C10H17N3. The van der Waals surface area contributed by atoms with Gasteiger partial charge in [0.15, 0.2) is 0 Å². The van der Waals surface area contributed by atoms with Crippen LogP contribution in [0.1, 0.15) is 23.9 Å². The summed E-state index contributed by atoms with van der Waals surface area (Å²) in [6.45, 7) is 4.41. The van der Waals surface area contributed by atoms with Gasteiger partial charge < -0.3 is 4.90 Å². The van der Waals surface area contributed by atoms with Crippen LogP contribution in [0.25, 0.3) is 0 Å². The highest BCUT2D eigenvalue weighted by Crippen LogP contribution is 2.20. The molecule has 0 unspecified atom stereocenters. The molecule has 3 nitrogen and oxygen atoms in total. The van der Waals surface area contributed by atoms with Gasteiger partial charge in [0.2, 0.25) is 0 Å². The first-order valence-corrected chi connectivity index (χ1v) is 4.94. The summed E-state index contributed by atoms with van der Waals surface area (Å²) in [5.41, 5.74) is 4.21. The Hall–Kier alpha value is -0.830. The average molecular weight is 179 g/mol. The molecule has 3 heteroatoms. The van der Waals surface area contributed by atoms with Crippen molar-refractivity contribution >= 4 is 0 Å². The third-order valence-electron chi connectivity index (χ3n) is 2.86. The number of nitrogens with zero attached hydrogens (tertiary/aromatic N) is 3. The molecule has 0 aromatic carbocycles. The Bertz CT molecular complexity index is 314. The molecule has 0 amide bonds. The van der Waals surface area contributed by atoms with Gasteiger partial charge in [-0.15, -0.1) is 0 Å². The molecule has 2 rings (SSSR count). The lowest BCUT2D eigenvalue weighted by Gasteiger charge is -2.23. The zero-order valence-corrected chi connectivity index (χ0v) is 8.67. The Balaban J connectivity index is 2.42. The van der Waals surface area contributed by atoms with Crippen LogP contribution in [0.15, 0.2) is 0 Å². The molecule has 0 bridgehead atoms. The molecule has 72 valence electrons. The van der Waals surface area contributed by atoms with Crippen LogP contribution in [0, 0.1) is 0 Å². The largest absolute Gasteiger partial charge is 0.300 e. The monoisotopic (exact) mass is 179 g/mol. The number of hydrogen-bond donors (Lipinski definition) is 0. The summed E-state index contributed by atoms with van der Waals surface area (Å²) >= 11 is 0. The van der Waals surface area contributed by atoms with Crippen molar-refractivity contribution < 1.29 is 0 Å². The van der Waals surface area contributed by atoms with E-state index in [1.807, 2.05) is 4.68 Å². The Morgan fingerprint density at radius 3 is 2.85 bits per heavy atom. The molecule has 0 saturated carbocycles. The van der Waals surface area contributed by atoms with Crippen LogP contribution in [0.4, 0.5) is 0 Å². The summed E-state index contributed by atoms with van der Waals surface area (Å²) in [7, 11) is 4.22. The molecular weight excluding hydrogens is 162 g/mol. The summed E-state index contributed by atoms with van der Waals surface area (Å²) in [4.78, 5) is 2.35. The highest BCUT2D eigenvalue weighted by molar-refractivity contribution is 5.28. The van der Waals surface area contributed by atoms with Crippen molar-refractivity contribution in [3.05, 3.63) is 17.0 Å². The van der Waals surface area contributed by atoms with Crippen molar-refractivity contribution in [2.45, 2.75) is 26.3 Å². The van der Waals surface area contributed by atoms with Crippen molar-refractivity contribution in [3.63, 3.8) is 0 Å². The minimum Gasteiger partial charge on any atom is -0.300 e. The predicted octanol–water partition coefficient (Wildman–Crippen LogP) is 0.970. The van der Waals surface area contributed by atoms with Gasteiger partial charge in [-0.25, -0.2) is 0 Å². The second-order valence-corrected chi connectivity index (χ2v) is 3.84. The van der Waals surface area contributed by atoms with E-state index in [-0.39, 0.29) is 0 Å². The Labute approximate surface area is 79.3 Å². The number of aromatic nitrogens is 2. The lowest BCUT2D eigenvalue weighted by molar-refractivity contribution is 0.303. The lowest BCUT2D eigenvalue weighted by Crippen LogP contribution is -2.27. The Kier molecular flexibility index (Phi) is 2.12. The van der Waals surface area contributed by atoms with Crippen LogP contribution in [0.2, 0.25) is 0 Å². The highest BCUT2D eigenvalue weighted by Gasteiger charge is 2.20. The van der Waals surface area contributed by atoms with Gasteiger partial charge in [-0.1, -0.05) is 6.92 Å². The van der Waals surface area contributed by atoms with Crippen LogP contribution in [0.5, 0.6) is 0 Å². The predicted molar refractivity (Wildman–Crippen MR) is 52.6 cm³/mol. The molecule has 1 aromatic heterocycles. The normalized spacial score (nSPS) is 17.5. The van der Waals surface area contributed by atoms with Crippen LogP contribution in [-0.4, -0.2) is 28.3 Å². The molecule has 0 atom stereocenters. The van der Waals surface area contributed by atoms with Gasteiger partial charge in [-0.05, 0) is 25.5 Å². The first kappa shape index (κ1) is 8.75. The molecule has 1 aromatic rings. The first-order valence-electron chi connectivity index (χ1n) is 4.94. The van der Waals surface area contributed by atoms with Crippen molar-refractivity contribution in [1.82, 2.24) is 14.7 Å². The summed E-state index contributed by atoms with van der Waals surface area (Å²) in [6.07, 6.45) is 2.23. The molecule has 0 radical (unpaired) electrons. The van der Waals surface area contributed by atoms with Gasteiger partial charge in [0, 0.05) is 20.1 Å². The van der Waals surface area contributed by atoms with E-state index in [0.717, 1.165) is 13.0 Å². The quantitative estimate of drug-likeness (QED) is 0.640. The van der Waals surface area contributed by atoms with Crippen LogP contribution in [0.3, 0.4) is 0 Å². The van der Waals surface area contributed by atoms with Crippen molar-refractivity contribution in [1.29, 1.82) is 0 Å². The van der Waals surface area contributed by atoms with E-state index in [2.05, 4.69) is 31.0 Å². The van der Waals surface area contributed by atoms with Crippen LogP contribution in [-0.2, 0) is 26.4 Å². The van der Waals surface area contributed by atoms with Gasteiger partial charge in [-0.2, -0.15) is 5.10 Å². The van der Waals surface area contributed by atoms with E-state index in [4.69, 9.17) is 0 Å². The maximum Gasteiger partial charge on any atom is 0.0657 e. The fourth-order valence-electron chi connectivity index (χ4n) is 2.07. The molecule has 0 spiro atoms. The van der Waals surface area contributed by atoms with Crippen LogP contribution >= 0.6 is 0 Å². The van der Waals surface area contributed by atoms with Gasteiger partial charge in [0.25, 0.3) is 0 Å². The van der Waals surface area contributed by atoms with Crippen LogP contribution < -0.4 is 0 Å². The summed E-state index contributed by atoms with van der Waals surface area (Å²) in [5.74, 6) is 0. The molecule has 1 aliphatic rings. The number of likely N-dealkylation sites (N-methyl/N-ethyl adjacent to an activating group) is 1. The molecule has 0 fully saturated rings. The number of fused-ring (bicyclic) bond motifs is 1. The third-order valence-corrected chi connectivity index (χ3v) is 2.86. The zero-order chi connectivity index (χ0) is 9.42. The van der Waals surface area contributed by atoms with Gasteiger partial charge in [0.1, 0.15) is 0 Å². The van der Waals surface area contributed by atoms with Gasteiger partial charge in [-0.3, -0.25) is 4.68 Å². The maximum atomic E-state index is 4.54. The molecule has 2 heterocycles. The minimum absolute atomic E-state index is 1.05. The third kappa shape index (κ3) is 1.37. The van der Waals surface area contributed by atoms with Crippen molar-refractivity contribution in [2.24, 2.45) is 7.05 Å². The van der Waals surface area contributed by atoms with E-state index >= 15 is 0 Å². The average Bonchev–Trinajstić information content (AvgIpc) is 2.43. The Morgan fingerprint density at radius 2 is 2.15 bits per heavy atom. The summed E-state index contributed by atoms with van der Waals surface area (Å²) in [5, 5.41) is 4.54. The summed E-state index contributed by atoms with van der Waals surface area (Å²) < 4.78 is 2.05. The SMILES string of the molecule is CCc1nn(C)c2c1CCN(C)C2. The highest BCUT2D eigenvalue weighted by atomic mass is 15.3. The smallest absolute Gasteiger partial charge is 0.0657 e. The van der Waals surface area contributed by atoms with E-state index in [0.29, 0.717) is 0 Å². The molecule has 1 aliphatic heterocycles. The maximum absolute atomic E-state index is 4.54. The molecule has 13 heavy (non-hydrogen) atoms. The number of hydrogen-bond acceptors (Lipinski definition) is 2. The molecule has 0 aliphatic carbocycles. The van der Waals surface area contributed by atoms with E-state index < -0.39 is 0 Å². The topological polar surface area (TPSA) is 21.1 Å². The van der Waals surface area contributed by atoms with E-state index in [9.17, 15) is 0 Å². The number of aryl methyl sites for hydroxylation is 2. The van der Waals surface area contributed by atoms with Gasteiger partial charge in [0.05, 0.1) is 11.4 Å². The second-order valence-electron chi connectivity index (χ2n) is 3.84. The van der Waals surface area contributed by atoms with E-state index in [1.165, 1.54) is 29.9 Å². The van der Waals surface area contributed by atoms with Crippen molar-refractivity contribution in [2.75, 3.05) is 13.6 Å². The second kappa shape index (κ2) is 3.14. The standard InChI is InChI=1S/C10H17N3/c1-4-9-8-5-6-12(2)7-10(8)13(3)11-9/h4-7H2,1-3H3. The number of rotatable bonds is 1.